The fourth-order valence-corrected chi connectivity index (χ4v) is 4.17. The van der Waals surface area contributed by atoms with Crippen molar-refractivity contribution in [2.24, 2.45) is 0 Å². The Kier molecular flexibility index (Phi) is 5.76. The lowest BCUT2D eigenvalue weighted by Gasteiger charge is -2.33. The number of carbonyl (C=O) groups is 1. The van der Waals surface area contributed by atoms with E-state index in [1.165, 1.54) is 4.90 Å². The van der Waals surface area contributed by atoms with Gasteiger partial charge < -0.3 is 4.90 Å². The van der Waals surface area contributed by atoms with Crippen LogP contribution in [-0.4, -0.2) is 67.3 Å². The maximum absolute atomic E-state index is 12.3. The molecule has 1 saturated heterocycles. The molecule has 1 atom stereocenters. The lowest BCUT2D eigenvalue weighted by molar-refractivity contribution is -0.134. The molecule has 0 radical (unpaired) electrons. The molecule has 1 fully saturated rings. The highest BCUT2D eigenvalue weighted by atomic mass is 32.2. The van der Waals surface area contributed by atoms with Gasteiger partial charge in [0.05, 0.1) is 24.1 Å². The molecule has 6 nitrogen and oxygen atoms in total. The van der Waals surface area contributed by atoms with Crippen LogP contribution in [0.2, 0.25) is 0 Å². The van der Waals surface area contributed by atoms with Crippen molar-refractivity contribution in [1.29, 1.82) is 5.26 Å². The minimum atomic E-state index is -2.97. The minimum absolute atomic E-state index is 0.0857. The third-order valence-corrected chi connectivity index (χ3v) is 5.81. The van der Waals surface area contributed by atoms with E-state index in [0.29, 0.717) is 13.0 Å². The zero-order valence-corrected chi connectivity index (χ0v) is 14.1. The van der Waals surface area contributed by atoms with Crippen LogP contribution in [0, 0.1) is 11.3 Å². The topological polar surface area (TPSA) is 81.5 Å². The van der Waals surface area contributed by atoms with Gasteiger partial charge in [-0.15, -0.1) is 0 Å². The third kappa shape index (κ3) is 4.68. The number of sulfone groups is 1. The molecule has 0 bridgehead atoms. The molecule has 7 heteroatoms. The Morgan fingerprint density at radius 2 is 2.05 bits per heavy atom. The van der Waals surface area contributed by atoms with E-state index in [4.69, 9.17) is 5.26 Å². The molecule has 0 aromatic rings. The summed E-state index contributed by atoms with van der Waals surface area (Å²) in [5.74, 6) is 0.177. The van der Waals surface area contributed by atoms with E-state index in [1.54, 1.807) is 20.9 Å². The Labute approximate surface area is 127 Å². The first-order valence-corrected chi connectivity index (χ1v) is 9.07. The van der Waals surface area contributed by atoms with E-state index in [2.05, 4.69) is 6.07 Å². The second kappa shape index (κ2) is 6.75. The number of hydrogen-bond acceptors (Lipinski definition) is 5. The van der Waals surface area contributed by atoms with Gasteiger partial charge in [-0.25, -0.2) is 8.42 Å². The van der Waals surface area contributed by atoms with Crippen molar-refractivity contribution in [1.82, 2.24) is 9.80 Å². The number of likely N-dealkylation sites (N-methyl/N-ethyl adjacent to an activating group) is 1. The van der Waals surface area contributed by atoms with Gasteiger partial charge in [-0.2, -0.15) is 5.26 Å². The molecule has 0 aromatic carbocycles. The van der Waals surface area contributed by atoms with Crippen LogP contribution in [0.25, 0.3) is 0 Å². The van der Waals surface area contributed by atoms with Crippen molar-refractivity contribution < 1.29 is 13.2 Å². The number of carbonyl (C=O) groups excluding carboxylic acids is 1. The average Bonchev–Trinajstić information content (AvgIpc) is 2.77. The SMILES string of the molecule is CCCN(CC(=O)N(C)C(C)(C)C#N)C1CCS(=O)(=O)C1. The van der Waals surface area contributed by atoms with Crippen LogP contribution in [0.15, 0.2) is 0 Å². The monoisotopic (exact) mass is 315 g/mol. The van der Waals surface area contributed by atoms with Crippen molar-refractivity contribution >= 4 is 15.7 Å². The minimum Gasteiger partial charge on any atom is -0.326 e. The summed E-state index contributed by atoms with van der Waals surface area (Å²) in [5.41, 5.74) is -0.864. The normalized spacial score (nSPS) is 21.2. The number of nitriles is 1. The molecule has 0 spiro atoms. The standard InChI is InChI=1S/C14H25N3O3S/c1-5-7-17(12-6-8-21(19,20)10-12)9-13(18)16(4)14(2,3)11-15/h12H,5-10H2,1-4H3. The Morgan fingerprint density at radius 3 is 2.48 bits per heavy atom. The summed E-state index contributed by atoms with van der Waals surface area (Å²) in [6, 6.07) is 2.01. The van der Waals surface area contributed by atoms with E-state index in [0.717, 1.165) is 6.42 Å². The summed E-state index contributed by atoms with van der Waals surface area (Å²) in [4.78, 5) is 15.7. The molecule has 21 heavy (non-hydrogen) atoms. The predicted octanol–water partition coefficient (Wildman–Crippen LogP) is 0.646. The van der Waals surface area contributed by atoms with Crippen LogP contribution in [0.5, 0.6) is 0 Å². The fourth-order valence-electron chi connectivity index (χ4n) is 2.41. The van der Waals surface area contributed by atoms with Gasteiger partial charge in [-0.05, 0) is 33.2 Å². The van der Waals surface area contributed by atoms with Crippen LogP contribution in [0.4, 0.5) is 0 Å². The fraction of sp³-hybridized carbons (Fsp3) is 0.857. The Hall–Kier alpha value is -1.13. The first kappa shape index (κ1) is 17.9. The molecule has 1 aliphatic heterocycles. The zero-order chi connectivity index (χ0) is 16.3. The van der Waals surface area contributed by atoms with Crippen molar-refractivity contribution in [3.05, 3.63) is 0 Å². The quantitative estimate of drug-likeness (QED) is 0.718. The first-order valence-electron chi connectivity index (χ1n) is 7.25. The summed E-state index contributed by atoms with van der Waals surface area (Å²) in [6.45, 7) is 6.23. The van der Waals surface area contributed by atoms with Gasteiger partial charge in [0.15, 0.2) is 9.84 Å². The van der Waals surface area contributed by atoms with Crippen molar-refractivity contribution in [2.75, 3.05) is 31.6 Å². The van der Waals surface area contributed by atoms with Gasteiger partial charge >= 0.3 is 0 Å². The summed E-state index contributed by atoms with van der Waals surface area (Å²) in [5, 5.41) is 9.09. The molecule has 0 saturated carbocycles. The summed E-state index contributed by atoms with van der Waals surface area (Å²) < 4.78 is 23.2. The molecule has 0 aliphatic carbocycles. The number of rotatable bonds is 6. The van der Waals surface area contributed by atoms with Gasteiger partial charge in [0.1, 0.15) is 5.54 Å². The largest absolute Gasteiger partial charge is 0.326 e. The smallest absolute Gasteiger partial charge is 0.237 e. The van der Waals surface area contributed by atoms with E-state index >= 15 is 0 Å². The molecule has 1 amide bonds. The van der Waals surface area contributed by atoms with Crippen LogP contribution < -0.4 is 0 Å². The van der Waals surface area contributed by atoms with Gasteiger partial charge in [-0.1, -0.05) is 6.92 Å². The molecule has 1 rings (SSSR count). The molecule has 1 heterocycles. The van der Waals surface area contributed by atoms with Gasteiger partial charge in [0.25, 0.3) is 0 Å². The highest BCUT2D eigenvalue weighted by Gasteiger charge is 2.34. The molecule has 0 aromatic heterocycles. The number of amides is 1. The van der Waals surface area contributed by atoms with Crippen molar-refractivity contribution in [3.8, 4) is 6.07 Å². The van der Waals surface area contributed by atoms with E-state index in [1.807, 2.05) is 11.8 Å². The van der Waals surface area contributed by atoms with Crippen LogP contribution in [0.1, 0.15) is 33.6 Å². The van der Waals surface area contributed by atoms with E-state index in [9.17, 15) is 13.2 Å². The van der Waals surface area contributed by atoms with Crippen molar-refractivity contribution in [2.45, 2.75) is 45.2 Å². The second-order valence-electron chi connectivity index (χ2n) is 6.15. The summed E-state index contributed by atoms with van der Waals surface area (Å²) >= 11 is 0. The Morgan fingerprint density at radius 1 is 1.43 bits per heavy atom. The van der Waals surface area contributed by atoms with Gasteiger partial charge in [-0.3, -0.25) is 9.69 Å². The Bertz CT molecular complexity index is 522. The van der Waals surface area contributed by atoms with E-state index < -0.39 is 15.4 Å². The maximum Gasteiger partial charge on any atom is 0.237 e. The molecule has 1 aliphatic rings. The van der Waals surface area contributed by atoms with Crippen LogP contribution in [-0.2, 0) is 14.6 Å². The maximum atomic E-state index is 12.3. The average molecular weight is 315 g/mol. The predicted molar refractivity (Wildman–Crippen MR) is 81.4 cm³/mol. The molecular formula is C14H25N3O3S. The van der Waals surface area contributed by atoms with E-state index in [-0.39, 0.29) is 30.0 Å². The Balaban J connectivity index is 2.76. The number of hydrogen-bond donors (Lipinski definition) is 0. The molecule has 120 valence electrons. The third-order valence-electron chi connectivity index (χ3n) is 4.06. The second-order valence-corrected chi connectivity index (χ2v) is 8.38. The highest BCUT2D eigenvalue weighted by molar-refractivity contribution is 7.91. The summed E-state index contributed by atoms with van der Waals surface area (Å²) in [7, 11) is -1.35. The zero-order valence-electron chi connectivity index (χ0n) is 13.3. The first-order chi connectivity index (χ1) is 9.63. The molecule has 0 N–H and O–H groups in total. The lowest BCUT2D eigenvalue weighted by Crippen LogP contribution is -2.50. The number of nitrogens with zero attached hydrogens (tertiary/aromatic N) is 3. The van der Waals surface area contributed by atoms with Gasteiger partial charge in [0.2, 0.25) is 5.91 Å². The lowest BCUT2D eigenvalue weighted by atomic mass is 10.1. The van der Waals surface area contributed by atoms with Crippen LogP contribution in [0.3, 0.4) is 0 Å². The van der Waals surface area contributed by atoms with Crippen molar-refractivity contribution in [3.63, 3.8) is 0 Å². The molecule has 1 unspecified atom stereocenters. The van der Waals surface area contributed by atoms with Crippen LogP contribution >= 0.6 is 0 Å². The summed E-state index contributed by atoms with van der Waals surface area (Å²) in [6.07, 6.45) is 1.44. The molecular weight excluding hydrogens is 290 g/mol. The van der Waals surface area contributed by atoms with Gasteiger partial charge in [0, 0.05) is 13.1 Å². The highest BCUT2D eigenvalue weighted by Crippen LogP contribution is 2.19.